The van der Waals surface area contributed by atoms with Crippen LogP contribution in [0.2, 0.25) is 0 Å². The second kappa shape index (κ2) is 18.5. The van der Waals surface area contributed by atoms with Crippen molar-refractivity contribution in [2.45, 2.75) is 117 Å². The normalized spacial score (nSPS) is 11.4. The summed E-state index contributed by atoms with van der Waals surface area (Å²) in [5, 5.41) is 0. The van der Waals surface area contributed by atoms with Crippen molar-refractivity contribution in [1.82, 2.24) is 0 Å². The molecule has 0 spiro atoms. The molecule has 0 heterocycles. The third-order valence-electron chi connectivity index (χ3n) is 4.30. The molecule has 0 radical (unpaired) electrons. The molecule has 0 saturated heterocycles. The van der Waals surface area contributed by atoms with Crippen LogP contribution in [0.3, 0.4) is 0 Å². The Kier molecular flexibility index (Phi) is 18.0. The summed E-state index contributed by atoms with van der Waals surface area (Å²) in [5.74, 6) is 0.423. The highest BCUT2D eigenvalue weighted by molar-refractivity contribution is 5.79. The second-order valence-electron chi connectivity index (χ2n) is 6.64. The van der Waals surface area contributed by atoms with E-state index in [1.807, 2.05) is 0 Å². The molecule has 0 aliphatic heterocycles. The Labute approximate surface area is 140 Å². The van der Waals surface area contributed by atoms with Gasteiger partial charge >= 0.3 is 0 Å². The molecular formula is C21H40O. The van der Waals surface area contributed by atoms with Crippen LogP contribution in [-0.4, -0.2) is 5.78 Å². The van der Waals surface area contributed by atoms with Crippen LogP contribution in [0.4, 0.5) is 0 Å². The van der Waals surface area contributed by atoms with Crippen molar-refractivity contribution in [3.05, 3.63) is 12.2 Å². The van der Waals surface area contributed by atoms with Crippen LogP contribution in [0.15, 0.2) is 12.2 Å². The maximum atomic E-state index is 11.7. The molecule has 0 N–H and O–H groups in total. The van der Waals surface area contributed by atoms with E-state index in [1.54, 1.807) is 0 Å². The van der Waals surface area contributed by atoms with E-state index in [4.69, 9.17) is 0 Å². The van der Waals surface area contributed by atoms with Gasteiger partial charge in [-0.05, 0) is 19.3 Å². The zero-order valence-corrected chi connectivity index (χ0v) is 15.4. The first-order valence-electron chi connectivity index (χ1n) is 9.98. The zero-order chi connectivity index (χ0) is 16.3. The minimum atomic E-state index is 0.423. The van der Waals surface area contributed by atoms with Gasteiger partial charge in [-0.25, -0.2) is 0 Å². The Hall–Kier alpha value is -0.590. The van der Waals surface area contributed by atoms with E-state index in [2.05, 4.69) is 26.0 Å². The van der Waals surface area contributed by atoms with Crippen LogP contribution in [0, 0.1) is 0 Å². The molecule has 0 unspecified atom stereocenters. The minimum Gasteiger partial charge on any atom is -0.299 e. The summed E-state index contributed by atoms with van der Waals surface area (Å²) in [6.07, 6.45) is 24.0. The standard InChI is InChI=1S/C21H40O/c1-3-5-7-9-11-12-13-14-16-18-20-21(22)19-17-15-10-8-6-4-2/h16,18H,3-15,17,19-20H2,1-2H3. The molecule has 0 amide bonds. The molecule has 130 valence electrons. The number of Topliss-reactive ketones (excluding diaryl/α,β-unsaturated/α-hetero) is 1. The van der Waals surface area contributed by atoms with Gasteiger partial charge in [0.25, 0.3) is 0 Å². The maximum absolute atomic E-state index is 11.7. The molecule has 0 saturated carbocycles. The first-order chi connectivity index (χ1) is 10.8. The van der Waals surface area contributed by atoms with E-state index >= 15 is 0 Å². The molecule has 0 aromatic rings. The van der Waals surface area contributed by atoms with Crippen molar-refractivity contribution in [3.63, 3.8) is 0 Å². The molecule has 0 rings (SSSR count). The lowest BCUT2D eigenvalue weighted by molar-refractivity contribution is -0.118. The molecule has 0 aliphatic rings. The van der Waals surface area contributed by atoms with Gasteiger partial charge in [0, 0.05) is 12.8 Å². The summed E-state index contributed by atoms with van der Waals surface area (Å²) < 4.78 is 0. The number of carbonyl (C=O) groups excluding carboxylic acids is 1. The predicted molar refractivity (Wildman–Crippen MR) is 99.4 cm³/mol. The fourth-order valence-electron chi connectivity index (χ4n) is 2.76. The first-order valence-corrected chi connectivity index (χ1v) is 9.98. The first kappa shape index (κ1) is 21.4. The average molecular weight is 309 g/mol. The smallest absolute Gasteiger partial charge is 0.136 e. The van der Waals surface area contributed by atoms with Crippen LogP contribution in [0.25, 0.3) is 0 Å². The van der Waals surface area contributed by atoms with E-state index < -0.39 is 0 Å². The van der Waals surface area contributed by atoms with Crippen molar-refractivity contribution in [2.24, 2.45) is 0 Å². The number of hydrogen-bond donors (Lipinski definition) is 0. The van der Waals surface area contributed by atoms with Gasteiger partial charge in [0.1, 0.15) is 5.78 Å². The number of carbonyl (C=O) groups is 1. The molecule has 0 atom stereocenters. The van der Waals surface area contributed by atoms with E-state index in [-0.39, 0.29) is 0 Å². The Balaban J connectivity index is 3.25. The monoisotopic (exact) mass is 308 g/mol. The van der Waals surface area contributed by atoms with Crippen molar-refractivity contribution in [3.8, 4) is 0 Å². The van der Waals surface area contributed by atoms with Gasteiger partial charge in [0.05, 0.1) is 0 Å². The molecule has 22 heavy (non-hydrogen) atoms. The number of hydrogen-bond acceptors (Lipinski definition) is 1. The Bertz CT molecular complexity index is 255. The topological polar surface area (TPSA) is 17.1 Å². The van der Waals surface area contributed by atoms with Gasteiger partial charge in [0.2, 0.25) is 0 Å². The molecular weight excluding hydrogens is 268 g/mol. The van der Waals surface area contributed by atoms with Crippen LogP contribution in [0.1, 0.15) is 117 Å². The predicted octanol–water partition coefficient (Wildman–Crippen LogP) is 7.39. The van der Waals surface area contributed by atoms with Gasteiger partial charge in [-0.1, -0.05) is 96.6 Å². The third kappa shape index (κ3) is 17.5. The SMILES string of the molecule is CCCCCCCCCC=CCC(=O)CCCCCCCC. The van der Waals surface area contributed by atoms with Gasteiger partial charge in [-0.3, -0.25) is 4.79 Å². The molecule has 1 nitrogen and oxygen atoms in total. The number of unbranched alkanes of at least 4 members (excludes halogenated alkanes) is 12. The summed E-state index contributed by atoms with van der Waals surface area (Å²) in [5.41, 5.74) is 0. The molecule has 0 aliphatic carbocycles. The lowest BCUT2D eigenvalue weighted by Crippen LogP contribution is -1.95. The highest BCUT2D eigenvalue weighted by atomic mass is 16.1. The third-order valence-corrected chi connectivity index (χ3v) is 4.30. The summed E-state index contributed by atoms with van der Waals surface area (Å²) in [6, 6.07) is 0. The van der Waals surface area contributed by atoms with E-state index in [0.29, 0.717) is 12.2 Å². The van der Waals surface area contributed by atoms with Gasteiger partial charge in [-0.2, -0.15) is 0 Å². The van der Waals surface area contributed by atoms with E-state index in [9.17, 15) is 4.79 Å². The lowest BCUT2D eigenvalue weighted by Gasteiger charge is -2.00. The molecule has 0 bridgehead atoms. The summed E-state index contributed by atoms with van der Waals surface area (Å²) >= 11 is 0. The summed E-state index contributed by atoms with van der Waals surface area (Å²) in [6.45, 7) is 4.50. The average Bonchev–Trinajstić information content (AvgIpc) is 2.52. The van der Waals surface area contributed by atoms with Gasteiger partial charge in [-0.15, -0.1) is 0 Å². The second-order valence-corrected chi connectivity index (χ2v) is 6.64. The van der Waals surface area contributed by atoms with E-state index in [1.165, 1.54) is 77.0 Å². The highest BCUT2D eigenvalue weighted by Gasteiger charge is 1.99. The summed E-state index contributed by atoms with van der Waals surface area (Å²) in [4.78, 5) is 11.7. The molecule has 0 aromatic carbocycles. The van der Waals surface area contributed by atoms with Gasteiger partial charge < -0.3 is 0 Å². The number of ketones is 1. The van der Waals surface area contributed by atoms with Crippen LogP contribution in [-0.2, 0) is 4.79 Å². The van der Waals surface area contributed by atoms with Crippen molar-refractivity contribution in [2.75, 3.05) is 0 Å². The fourth-order valence-corrected chi connectivity index (χ4v) is 2.76. The van der Waals surface area contributed by atoms with Gasteiger partial charge in [0.15, 0.2) is 0 Å². The van der Waals surface area contributed by atoms with Crippen molar-refractivity contribution >= 4 is 5.78 Å². The Morgan fingerprint density at radius 1 is 0.636 bits per heavy atom. The largest absolute Gasteiger partial charge is 0.299 e. The van der Waals surface area contributed by atoms with Crippen LogP contribution in [0.5, 0.6) is 0 Å². The lowest BCUT2D eigenvalue weighted by atomic mass is 10.1. The molecule has 0 fully saturated rings. The van der Waals surface area contributed by atoms with Crippen molar-refractivity contribution < 1.29 is 4.79 Å². The molecule has 0 aromatic heterocycles. The number of allylic oxidation sites excluding steroid dienone is 2. The molecule has 1 heteroatoms. The van der Waals surface area contributed by atoms with Crippen molar-refractivity contribution in [1.29, 1.82) is 0 Å². The highest BCUT2D eigenvalue weighted by Crippen LogP contribution is 2.10. The summed E-state index contributed by atoms with van der Waals surface area (Å²) in [7, 11) is 0. The number of rotatable bonds is 17. The zero-order valence-electron chi connectivity index (χ0n) is 15.4. The minimum absolute atomic E-state index is 0.423. The van der Waals surface area contributed by atoms with Crippen LogP contribution < -0.4 is 0 Å². The Morgan fingerprint density at radius 2 is 1.14 bits per heavy atom. The Morgan fingerprint density at radius 3 is 1.73 bits per heavy atom. The quantitative estimate of drug-likeness (QED) is 0.202. The fraction of sp³-hybridized carbons (Fsp3) is 0.857. The van der Waals surface area contributed by atoms with Crippen LogP contribution >= 0.6 is 0 Å². The maximum Gasteiger partial charge on any atom is 0.136 e. The van der Waals surface area contributed by atoms with E-state index in [0.717, 1.165) is 19.3 Å².